The van der Waals surface area contributed by atoms with Crippen LogP contribution < -0.4 is 16.4 Å². The first-order valence-corrected chi connectivity index (χ1v) is 12.8. The third-order valence-corrected chi connectivity index (χ3v) is 7.94. The second-order valence-electron chi connectivity index (χ2n) is 10.4. The highest BCUT2D eigenvalue weighted by atomic mass is 35.5. The van der Waals surface area contributed by atoms with Crippen molar-refractivity contribution in [1.82, 2.24) is 15.5 Å². The molecule has 0 radical (unpaired) electrons. The molecule has 2 aliphatic rings. The summed E-state index contributed by atoms with van der Waals surface area (Å²) in [5.41, 5.74) is 5.70. The number of nitrogens with two attached hydrogens (primary N) is 1. The van der Waals surface area contributed by atoms with Gasteiger partial charge < -0.3 is 26.0 Å². The molecule has 0 bridgehead atoms. The van der Waals surface area contributed by atoms with Crippen LogP contribution in [0.5, 0.6) is 0 Å². The van der Waals surface area contributed by atoms with Crippen LogP contribution in [0.15, 0.2) is 0 Å². The predicted molar refractivity (Wildman–Crippen MR) is 140 cm³/mol. The first-order chi connectivity index (χ1) is 15.1. The average molecular weight is 505 g/mol. The van der Waals surface area contributed by atoms with Gasteiger partial charge in [-0.3, -0.25) is 4.79 Å². The number of hydrogen-bond acceptors (Lipinski definition) is 5. The summed E-state index contributed by atoms with van der Waals surface area (Å²) in [6, 6.07) is -0.371. The summed E-state index contributed by atoms with van der Waals surface area (Å²) in [5, 5.41) is 6.18. The van der Waals surface area contributed by atoms with E-state index in [9.17, 15) is 9.59 Å². The average Bonchev–Trinajstić information content (AvgIpc) is 3.24. The fourth-order valence-corrected chi connectivity index (χ4v) is 5.06. The van der Waals surface area contributed by atoms with E-state index in [0.717, 1.165) is 51.5 Å². The third kappa shape index (κ3) is 8.25. The molecule has 1 saturated carbocycles. The molecule has 2 atom stereocenters. The Labute approximate surface area is 211 Å². The van der Waals surface area contributed by atoms with Crippen LogP contribution in [-0.2, 0) is 9.53 Å². The lowest BCUT2D eigenvalue weighted by Crippen LogP contribution is -2.58. The van der Waals surface area contributed by atoms with Crippen LogP contribution >= 0.6 is 24.6 Å². The Hall–Kier alpha value is -1.12. The van der Waals surface area contributed by atoms with Gasteiger partial charge in [0, 0.05) is 19.1 Å². The number of carbonyl (C=O) groups is 2. The Morgan fingerprint density at radius 1 is 1.18 bits per heavy atom. The topological polar surface area (TPSA) is 96.7 Å². The molecule has 4 N–H and O–H groups in total. The van der Waals surface area contributed by atoms with Crippen molar-refractivity contribution < 1.29 is 14.3 Å². The van der Waals surface area contributed by atoms with Gasteiger partial charge in [-0.15, -0.1) is 12.4 Å². The zero-order valence-corrected chi connectivity index (χ0v) is 22.7. The molecule has 0 aromatic heterocycles. The van der Waals surface area contributed by atoms with Crippen molar-refractivity contribution in [2.75, 3.05) is 19.7 Å². The van der Waals surface area contributed by atoms with E-state index in [-0.39, 0.29) is 35.7 Å². The minimum Gasteiger partial charge on any atom is -0.450 e. The lowest BCUT2D eigenvalue weighted by atomic mass is 9.74. The van der Waals surface area contributed by atoms with Crippen LogP contribution in [-0.4, -0.2) is 59.7 Å². The van der Waals surface area contributed by atoms with Gasteiger partial charge in [-0.05, 0) is 62.2 Å². The van der Waals surface area contributed by atoms with Crippen LogP contribution in [0.3, 0.4) is 0 Å². The Balaban J connectivity index is 0.00000544. The number of ether oxygens (including phenoxy) is 1. The van der Waals surface area contributed by atoms with E-state index in [1.54, 1.807) is 0 Å². The number of likely N-dealkylation sites (tertiary alicyclic amines) is 1. The molecule has 192 valence electrons. The highest BCUT2D eigenvalue weighted by Gasteiger charge is 2.42. The molecular formula is C24H45ClN4O3S. The molecule has 1 aliphatic carbocycles. The van der Waals surface area contributed by atoms with Crippen molar-refractivity contribution in [3.05, 3.63) is 0 Å². The van der Waals surface area contributed by atoms with E-state index in [1.807, 2.05) is 11.8 Å². The summed E-state index contributed by atoms with van der Waals surface area (Å²) >= 11 is 5.91. The number of nitrogens with one attached hydrogen (secondary N) is 2. The standard InChI is InChI=1S/C24H44N4O3S.ClH/c1-6-14-31-23(30)27-20(24(4,5)16(2)3)22(32)28-13-7-8-19(28)21(29)26-15-17-9-11-18(25)12-10-17;/h16-20H,6-15,25H2,1-5H3,(H,26,29)(H,27,30);1H/t17?,18?,19-,20+;/m0./s1. The zero-order valence-electron chi connectivity index (χ0n) is 21.0. The smallest absolute Gasteiger partial charge is 0.407 e. The molecule has 2 rings (SSSR count). The van der Waals surface area contributed by atoms with Gasteiger partial charge in [0.2, 0.25) is 5.91 Å². The summed E-state index contributed by atoms with van der Waals surface area (Å²) < 4.78 is 5.28. The SMILES string of the molecule is CCCOC(=O)N[C@H](C(=S)N1CCC[C@H]1C(=O)NCC1CCC(N)CC1)C(C)(C)C(C)C.Cl. The Morgan fingerprint density at radius 2 is 1.82 bits per heavy atom. The fraction of sp³-hybridized carbons (Fsp3) is 0.875. The molecule has 1 heterocycles. The van der Waals surface area contributed by atoms with Crippen molar-refractivity contribution >= 4 is 41.6 Å². The molecule has 33 heavy (non-hydrogen) atoms. The minimum atomic E-state index is -0.455. The zero-order chi connectivity index (χ0) is 23.9. The van der Waals surface area contributed by atoms with E-state index >= 15 is 0 Å². The number of alkyl carbamates (subject to hydrolysis) is 1. The van der Waals surface area contributed by atoms with Gasteiger partial charge in [0.25, 0.3) is 0 Å². The Morgan fingerprint density at radius 3 is 2.39 bits per heavy atom. The predicted octanol–water partition coefficient (Wildman–Crippen LogP) is 4.02. The normalized spacial score (nSPS) is 24.1. The largest absolute Gasteiger partial charge is 0.450 e. The van der Waals surface area contributed by atoms with E-state index in [1.165, 1.54) is 0 Å². The molecule has 2 fully saturated rings. The van der Waals surface area contributed by atoms with Crippen molar-refractivity contribution in [3.8, 4) is 0 Å². The van der Waals surface area contributed by atoms with Crippen molar-refractivity contribution in [3.63, 3.8) is 0 Å². The van der Waals surface area contributed by atoms with Gasteiger partial charge in [0.1, 0.15) is 11.0 Å². The molecule has 7 nitrogen and oxygen atoms in total. The van der Waals surface area contributed by atoms with Gasteiger partial charge >= 0.3 is 6.09 Å². The number of amides is 2. The molecule has 0 aromatic rings. The molecule has 0 spiro atoms. The lowest BCUT2D eigenvalue weighted by molar-refractivity contribution is -0.124. The van der Waals surface area contributed by atoms with Crippen LogP contribution in [0.2, 0.25) is 0 Å². The first kappa shape index (κ1) is 29.9. The number of nitrogens with zero attached hydrogens (tertiary/aromatic N) is 1. The Bertz CT molecular complexity index is 654. The van der Waals surface area contributed by atoms with E-state index in [0.29, 0.717) is 30.1 Å². The number of thiocarbonyl (C=S) groups is 1. The van der Waals surface area contributed by atoms with Crippen LogP contribution in [0.25, 0.3) is 0 Å². The summed E-state index contributed by atoms with van der Waals surface area (Å²) in [6.07, 6.45) is 6.20. The quantitative estimate of drug-likeness (QED) is 0.410. The van der Waals surface area contributed by atoms with Crippen LogP contribution in [0.1, 0.15) is 79.6 Å². The minimum absolute atomic E-state index is 0. The lowest BCUT2D eigenvalue weighted by Gasteiger charge is -2.42. The van der Waals surface area contributed by atoms with Crippen molar-refractivity contribution in [1.29, 1.82) is 0 Å². The molecular weight excluding hydrogens is 460 g/mol. The maximum Gasteiger partial charge on any atom is 0.407 e. The molecule has 0 aromatic carbocycles. The molecule has 1 saturated heterocycles. The highest BCUT2D eigenvalue weighted by Crippen LogP contribution is 2.34. The van der Waals surface area contributed by atoms with Crippen LogP contribution in [0.4, 0.5) is 4.79 Å². The first-order valence-electron chi connectivity index (χ1n) is 12.3. The molecule has 9 heteroatoms. The second-order valence-corrected chi connectivity index (χ2v) is 10.8. The summed E-state index contributed by atoms with van der Waals surface area (Å²) in [4.78, 5) is 28.2. The summed E-state index contributed by atoms with van der Waals surface area (Å²) in [5.74, 6) is 0.807. The van der Waals surface area contributed by atoms with Gasteiger partial charge in [-0.25, -0.2) is 4.79 Å². The van der Waals surface area contributed by atoms with Crippen molar-refractivity contribution in [2.45, 2.75) is 97.7 Å². The van der Waals surface area contributed by atoms with Crippen LogP contribution in [0, 0.1) is 17.3 Å². The van der Waals surface area contributed by atoms with Gasteiger partial charge in [0.05, 0.1) is 12.6 Å². The van der Waals surface area contributed by atoms with E-state index in [4.69, 9.17) is 22.7 Å². The maximum atomic E-state index is 13.1. The third-order valence-electron chi connectivity index (χ3n) is 7.47. The summed E-state index contributed by atoms with van der Waals surface area (Å²) in [7, 11) is 0. The fourth-order valence-electron chi connectivity index (χ4n) is 4.48. The Kier molecular flexibility index (Phi) is 12.4. The molecule has 1 aliphatic heterocycles. The maximum absolute atomic E-state index is 13.1. The molecule has 2 amide bonds. The highest BCUT2D eigenvalue weighted by molar-refractivity contribution is 7.80. The molecule has 0 unspecified atom stereocenters. The van der Waals surface area contributed by atoms with E-state index in [2.05, 4.69) is 38.3 Å². The number of hydrogen-bond donors (Lipinski definition) is 3. The van der Waals surface area contributed by atoms with Gasteiger partial charge in [-0.1, -0.05) is 46.8 Å². The van der Waals surface area contributed by atoms with Gasteiger partial charge in [0.15, 0.2) is 0 Å². The van der Waals surface area contributed by atoms with Gasteiger partial charge in [-0.2, -0.15) is 0 Å². The second kappa shape index (κ2) is 13.7. The van der Waals surface area contributed by atoms with E-state index < -0.39 is 12.1 Å². The monoisotopic (exact) mass is 504 g/mol. The number of halogens is 1. The summed E-state index contributed by atoms with van der Waals surface area (Å²) in [6.45, 7) is 12.2. The van der Waals surface area contributed by atoms with Crippen molar-refractivity contribution in [2.24, 2.45) is 23.0 Å². The number of rotatable bonds is 9. The number of carbonyl (C=O) groups excluding carboxylic acids is 2.